The van der Waals surface area contributed by atoms with Crippen LogP contribution in [0.25, 0.3) is 0 Å². The number of hydrogen-bond acceptors (Lipinski definition) is 3. The molecule has 1 aromatic rings. The molecule has 106 valence electrons. The highest BCUT2D eigenvalue weighted by Crippen LogP contribution is 2.30. The number of carbonyl (C=O) groups is 2. The predicted octanol–water partition coefficient (Wildman–Crippen LogP) is 0.362. The Bertz CT molecular complexity index is 546. The van der Waals surface area contributed by atoms with Gasteiger partial charge in [0.1, 0.15) is 6.04 Å². The first-order chi connectivity index (χ1) is 9.66. The first kappa shape index (κ1) is 13.1. The lowest BCUT2D eigenvalue weighted by Gasteiger charge is -2.35. The van der Waals surface area contributed by atoms with Crippen LogP contribution < -0.4 is 15.5 Å². The van der Waals surface area contributed by atoms with Gasteiger partial charge in [0, 0.05) is 18.8 Å². The molecule has 2 aliphatic heterocycles. The molecule has 2 amide bonds. The van der Waals surface area contributed by atoms with Crippen LogP contribution in [0, 0.1) is 6.92 Å². The van der Waals surface area contributed by atoms with E-state index in [1.807, 2.05) is 24.0 Å². The zero-order chi connectivity index (χ0) is 14.1. The number of carbonyl (C=O) groups excluding carboxylic acids is 2. The van der Waals surface area contributed by atoms with Gasteiger partial charge in [0.2, 0.25) is 11.8 Å². The molecule has 1 unspecified atom stereocenters. The van der Waals surface area contributed by atoms with Gasteiger partial charge in [-0.05, 0) is 30.9 Å². The molecule has 3 rings (SSSR count). The third-order valence-corrected chi connectivity index (χ3v) is 4.00. The average molecular weight is 273 g/mol. The zero-order valence-electron chi connectivity index (χ0n) is 11.6. The van der Waals surface area contributed by atoms with Gasteiger partial charge in [0.25, 0.3) is 0 Å². The van der Waals surface area contributed by atoms with Crippen LogP contribution in [0.5, 0.6) is 0 Å². The van der Waals surface area contributed by atoms with E-state index in [0.717, 1.165) is 30.6 Å². The summed E-state index contributed by atoms with van der Waals surface area (Å²) in [4.78, 5) is 25.7. The molecule has 1 saturated heterocycles. The summed E-state index contributed by atoms with van der Waals surface area (Å²) in [7, 11) is 0. The highest BCUT2D eigenvalue weighted by Gasteiger charge is 2.31. The first-order valence-electron chi connectivity index (χ1n) is 7.07. The molecule has 2 aliphatic rings. The van der Waals surface area contributed by atoms with Crippen LogP contribution in [0.15, 0.2) is 18.2 Å². The molecule has 0 saturated carbocycles. The van der Waals surface area contributed by atoms with E-state index in [1.165, 1.54) is 5.56 Å². The van der Waals surface area contributed by atoms with E-state index in [9.17, 15) is 9.59 Å². The Morgan fingerprint density at radius 3 is 3.00 bits per heavy atom. The fraction of sp³-hybridized carbons (Fsp3) is 0.467. The average Bonchev–Trinajstić information content (AvgIpc) is 2.47. The van der Waals surface area contributed by atoms with Gasteiger partial charge in [-0.3, -0.25) is 14.9 Å². The van der Waals surface area contributed by atoms with Crippen molar-refractivity contribution < 1.29 is 9.59 Å². The number of aryl methyl sites for hydroxylation is 2. The SMILES string of the molecule is Cc1cccc2c1N(C(=O)C1CNC(=O)CN1)CCC2. The van der Waals surface area contributed by atoms with E-state index in [1.54, 1.807) is 0 Å². The Morgan fingerprint density at radius 2 is 2.25 bits per heavy atom. The van der Waals surface area contributed by atoms with E-state index in [0.29, 0.717) is 6.54 Å². The molecule has 1 aromatic carbocycles. The minimum Gasteiger partial charge on any atom is -0.353 e. The maximum atomic E-state index is 12.7. The number of anilines is 1. The fourth-order valence-corrected chi connectivity index (χ4v) is 3.00. The molecule has 0 radical (unpaired) electrons. The number of nitrogens with zero attached hydrogens (tertiary/aromatic N) is 1. The van der Waals surface area contributed by atoms with E-state index in [4.69, 9.17) is 0 Å². The molecule has 5 heteroatoms. The van der Waals surface area contributed by atoms with Crippen LogP contribution in [0.1, 0.15) is 17.5 Å². The Balaban J connectivity index is 1.85. The Hall–Kier alpha value is -1.88. The molecule has 20 heavy (non-hydrogen) atoms. The molecule has 0 spiro atoms. The summed E-state index contributed by atoms with van der Waals surface area (Å²) in [5.41, 5.74) is 3.43. The zero-order valence-corrected chi connectivity index (χ0v) is 11.6. The van der Waals surface area contributed by atoms with Crippen LogP contribution in [0.3, 0.4) is 0 Å². The lowest BCUT2D eigenvalue weighted by atomic mass is 9.97. The second-order valence-electron chi connectivity index (χ2n) is 5.41. The third-order valence-electron chi connectivity index (χ3n) is 4.00. The van der Waals surface area contributed by atoms with Gasteiger partial charge in [-0.15, -0.1) is 0 Å². The Morgan fingerprint density at radius 1 is 1.40 bits per heavy atom. The van der Waals surface area contributed by atoms with Gasteiger partial charge in [-0.25, -0.2) is 0 Å². The van der Waals surface area contributed by atoms with Gasteiger partial charge in [0.05, 0.1) is 6.54 Å². The van der Waals surface area contributed by atoms with Crippen molar-refractivity contribution in [2.45, 2.75) is 25.8 Å². The molecule has 0 aliphatic carbocycles. The van der Waals surface area contributed by atoms with E-state index in [2.05, 4.69) is 16.7 Å². The van der Waals surface area contributed by atoms with Crippen molar-refractivity contribution >= 4 is 17.5 Å². The van der Waals surface area contributed by atoms with Crippen molar-refractivity contribution in [3.05, 3.63) is 29.3 Å². The van der Waals surface area contributed by atoms with Crippen molar-refractivity contribution in [3.63, 3.8) is 0 Å². The molecule has 0 aromatic heterocycles. The van der Waals surface area contributed by atoms with Gasteiger partial charge < -0.3 is 10.2 Å². The quantitative estimate of drug-likeness (QED) is 0.777. The molecular formula is C15H19N3O2. The molecule has 1 atom stereocenters. The molecule has 1 fully saturated rings. The summed E-state index contributed by atoms with van der Waals surface area (Å²) in [5.74, 6) is 0.00419. The summed E-state index contributed by atoms with van der Waals surface area (Å²) >= 11 is 0. The summed E-state index contributed by atoms with van der Waals surface area (Å²) in [6, 6.07) is 5.86. The van der Waals surface area contributed by atoms with E-state index in [-0.39, 0.29) is 24.4 Å². The van der Waals surface area contributed by atoms with Crippen molar-refractivity contribution in [2.75, 3.05) is 24.5 Å². The number of rotatable bonds is 1. The third kappa shape index (κ3) is 2.29. The number of hydrogen-bond donors (Lipinski definition) is 2. The number of para-hydroxylation sites is 1. The predicted molar refractivity (Wildman–Crippen MR) is 76.7 cm³/mol. The van der Waals surface area contributed by atoms with Gasteiger partial charge in [0.15, 0.2) is 0 Å². The highest BCUT2D eigenvalue weighted by molar-refractivity contribution is 6.00. The molecule has 5 nitrogen and oxygen atoms in total. The first-order valence-corrected chi connectivity index (χ1v) is 7.07. The largest absolute Gasteiger partial charge is 0.353 e. The minimum absolute atomic E-state index is 0.0516. The van der Waals surface area contributed by atoms with Crippen LogP contribution in [-0.4, -0.2) is 37.5 Å². The highest BCUT2D eigenvalue weighted by atomic mass is 16.2. The standard InChI is InChI=1S/C15H19N3O2/c1-10-4-2-5-11-6-3-7-18(14(10)11)15(20)12-8-17-13(19)9-16-12/h2,4-5,12,16H,3,6-9H2,1H3,(H,17,19). The normalized spacial score (nSPS) is 22.1. The molecule has 2 heterocycles. The Kier molecular flexibility index (Phi) is 3.44. The van der Waals surface area contributed by atoms with Crippen molar-refractivity contribution in [1.29, 1.82) is 0 Å². The van der Waals surface area contributed by atoms with Crippen LogP contribution in [-0.2, 0) is 16.0 Å². The molecular weight excluding hydrogens is 254 g/mol. The Labute approximate surface area is 118 Å². The summed E-state index contributed by atoms with van der Waals surface area (Å²) < 4.78 is 0. The number of nitrogens with one attached hydrogen (secondary N) is 2. The van der Waals surface area contributed by atoms with Crippen LogP contribution in [0.4, 0.5) is 5.69 Å². The number of amides is 2. The maximum absolute atomic E-state index is 12.7. The van der Waals surface area contributed by atoms with Crippen molar-refractivity contribution in [1.82, 2.24) is 10.6 Å². The minimum atomic E-state index is -0.321. The second-order valence-corrected chi connectivity index (χ2v) is 5.41. The van der Waals surface area contributed by atoms with Crippen LogP contribution >= 0.6 is 0 Å². The summed E-state index contributed by atoms with van der Waals surface area (Å²) in [6.07, 6.45) is 2.01. The van der Waals surface area contributed by atoms with Gasteiger partial charge in [-0.2, -0.15) is 0 Å². The summed E-state index contributed by atoms with van der Waals surface area (Å²) in [6.45, 7) is 3.38. The number of benzene rings is 1. The van der Waals surface area contributed by atoms with Crippen molar-refractivity contribution in [3.8, 4) is 0 Å². The second kappa shape index (κ2) is 5.25. The smallest absolute Gasteiger partial charge is 0.245 e. The summed E-state index contributed by atoms with van der Waals surface area (Å²) in [5, 5.41) is 5.75. The number of fused-ring (bicyclic) bond motifs is 1. The molecule has 0 bridgehead atoms. The maximum Gasteiger partial charge on any atom is 0.245 e. The molecule has 2 N–H and O–H groups in total. The monoisotopic (exact) mass is 273 g/mol. The lowest BCUT2D eigenvalue weighted by molar-refractivity contribution is -0.125. The van der Waals surface area contributed by atoms with E-state index < -0.39 is 0 Å². The van der Waals surface area contributed by atoms with Gasteiger partial charge in [-0.1, -0.05) is 18.2 Å². The fourth-order valence-electron chi connectivity index (χ4n) is 3.00. The topological polar surface area (TPSA) is 61.4 Å². The van der Waals surface area contributed by atoms with Gasteiger partial charge >= 0.3 is 0 Å². The van der Waals surface area contributed by atoms with E-state index >= 15 is 0 Å². The number of piperazine rings is 1. The van der Waals surface area contributed by atoms with Crippen LogP contribution in [0.2, 0.25) is 0 Å². The van der Waals surface area contributed by atoms with Crippen molar-refractivity contribution in [2.24, 2.45) is 0 Å². The lowest BCUT2D eigenvalue weighted by Crippen LogP contribution is -2.59.